The molecule has 2 unspecified atom stereocenters. The van der Waals surface area contributed by atoms with Crippen LogP contribution in [0.3, 0.4) is 0 Å². The number of halogens is 1. The molecule has 2 atom stereocenters. The number of carbonyl (C=O) groups excluding carboxylic acids is 1. The number of amides is 1. The molecule has 4 heteroatoms. The standard InChI is InChI=1S/C16H24N2O.ClH/c1-12(2)14-8-9-18(11-14)16(19)15(10-17)13-6-4-3-5-7-13;/h3-7,12,14-15H,8-11,17H2,1-2H3;1H. The molecule has 20 heavy (non-hydrogen) atoms. The van der Waals surface area contributed by atoms with Gasteiger partial charge in [-0.1, -0.05) is 44.2 Å². The summed E-state index contributed by atoms with van der Waals surface area (Å²) in [5, 5.41) is 0. The third-order valence-electron chi connectivity index (χ3n) is 4.21. The molecule has 0 radical (unpaired) electrons. The maximum Gasteiger partial charge on any atom is 0.231 e. The number of carbonyl (C=O) groups is 1. The van der Waals surface area contributed by atoms with Crippen LogP contribution in [0.25, 0.3) is 0 Å². The molecule has 0 aromatic heterocycles. The van der Waals surface area contributed by atoms with E-state index in [-0.39, 0.29) is 24.2 Å². The van der Waals surface area contributed by atoms with Gasteiger partial charge >= 0.3 is 0 Å². The van der Waals surface area contributed by atoms with E-state index in [1.165, 1.54) is 0 Å². The van der Waals surface area contributed by atoms with Crippen molar-refractivity contribution in [3.05, 3.63) is 35.9 Å². The van der Waals surface area contributed by atoms with Crippen LogP contribution in [0.15, 0.2) is 30.3 Å². The van der Waals surface area contributed by atoms with Crippen LogP contribution in [0.4, 0.5) is 0 Å². The van der Waals surface area contributed by atoms with Crippen molar-refractivity contribution in [2.75, 3.05) is 19.6 Å². The molecule has 2 N–H and O–H groups in total. The van der Waals surface area contributed by atoms with Crippen LogP contribution in [0, 0.1) is 11.8 Å². The number of benzene rings is 1. The van der Waals surface area contributed by atoms with E-state index in [1.54, 1.807) is 0 Å². The van der Waals surface area contributed by atoms with E-state index < -0.39 is 0 Å². The molecule has 1 aliphatic rings. The van der Waals surface area contributed by atoms with Crippen LogP contribution < -0.4 is 5.73 Å². The van der Waals surface area contributed by atoms with Crippen molar-refractivity contribution in [2.45, 2.75) is 26.2 Å². The van der Waals surface area contributed by atoms with Crippen LogP contribution in [0.2, 0.25) is 0 Å². The van der Waals surface area contributed by atoms with E-state index in [4.69, 9.17) is 5.73 Å². The number of rotatable bonds is 4. The molecule has 3 nitrogen and oxygen atoms in total. The molecule has 1 fully saturated rings. The number of nitrogens with two attached hydrogens (primary N) is 1. The summed E-state index contributed by atoms with van der Waals surface area (Å²) in [6.45, 7) is 6.61. The first-order valence-electron chi connectivity index (χ1n) is 7.17. The Bertz CT molecular complexity index is 422. The SMILES string of the molecule is CC(C)C1CCN(C(=O)C(CN)c2ccccc2)C1.Cl. The molecular formula is C16H25ClN2O. The normalized spacial score (nSPS) is 19.8. The quantitative estimate of drug-likeness (QED) is 0.928. The lowest BCUT2D eigenvalue weighted by atomic mass is 9.95. The molecule has 0 aliphatic carbocycles. The third-order valence-corrected chi connectivity index (χ3v) is 4.21. The second kappa shape index (κ2) is 7.65. The van der Waals surface area contributed by atoms with Gasteiger partial charge in [0.05, 0.1) is 5.92 Å². The molecular weight excluding hydrogens is 272 g/mol. The van der Waals surface area contributed by atoms with Gasteiger partial charge in [-0.3, -0.25) is 4.79 Å². The number of hydrogen-bond donors (Lipinski definition) is 1. The summed E-state index contributed by atoms with van der Waals surface area (Å²) < 4.78 is 0. The summed E-state index contributed by atoms with van der Waals surface area (Å²) in [6.07, 6.45) is 1.12. The monoisotopic (exact) mass is 296 g/mol. The van der Waals surface area contributed by atoms with E-state index in [0.717, 1.165) is 25.1 Å². The minimum atomic E-state index is -0.188. The van der Waals surface area contributed by atoms with E-state index in [1.807, 2.05) is 35.2 Å². The molecule has 2 rings (SSSR count). The Balaban J connectivity index is 0.00000200. The molecule has 1 aromatic rings. The summed E-state index contributed by atoms with van der Waals surface area (Å²) in [4.78, 5) is 14.6. The highest BCUT2D eigenvalue weighted by Gasteiger charge is 2.31. The Hall–Kier alpha value is -1.06. The Morgan fingerprint density at radius 1 is 1.35 bits per heavy atom. The summed E-state index contributed by atoms with van der Waals surface area (Å²) in [5.74, 6) is 1.29. The van der Waals surface area contributed by atoms with Gasteiger partial charge in [0.25, 0.3) is 0 Å². The summed E-state index contributed by atoms with van der Waals surface area (Å²) in [5.41, 5.74) is 6.85. The molecule has 0 spiro atoms. The van der Waals surface area contributed by atoms with Gasteiger partial charge in [-0.15, -0.1) is 12.4 Å². The summed E-state index contributed by atoms with van der Waals surface area (Å²) >= 11 is 0. The fourth-order valence-electron chi connectivity index (χ4n) is 2.82. The largest absolute Gasteiger partial charge is 0.342 e. The van der Waals surface area contributed by atoms with Gasteiger partial charge in [0, 0.05) is 19.6 Å². The van der Waals surface area contributed by atoms with Crippen molar-refractivity contribution in [1.82, 2.24) is 4.90 Å². The number of likely N-dealkylation sites (tertiary alicyclic amines) is 1. The van der Waals surface area contributed by atoms with Crippen molar-refractivity contribution in [2.24, 2.45) is 17.6 Å². The number of nitrogens with zero attached hydrogens (tertiary/aromatic N) is 1. The molecule has 0 bridgehead atoms. The summed E-state index contributed by atoms with van der Waals surface area (Å²) in [6, 6.07) is 9.88. The lowest BCUT2D eigenvalue weighted by Crippen LogP contribution is -2.36. The molecule has 1 heterocycles. The van der Waals surface area contributed by atoms with Crippen molar-refractivity contribution in [1.29, 1.82) is 0 Å². The second-order valence-electron chi connectivity index (χ2n) is 5.78. The zero-order chi connectivity index (χ0) is 13.8. The lowest BCUT2D eigenvalue weighted by molar-refractivity contribution is -0.131. The predicted octanol–water partition coefficient (Wildman–Crippen LogP) is 2.66. The molecule has 1 amide bonds. The fraction of sp³-hybridized carbons (Fsp3) is 0.562. The van der Waals surface area contributed by atoms with Crippen LogP contribution in [-0.4, -0.2) is 30.4 Å². The van der Waals surface area contributed by atoms with Gasteiger partial charge < -0.3 is 10.6 Å². The Kier molecular flexibility index (Phi) is 6.50. The molecule has 112 valence electrons. The topological polar surface area (TPSA) is 46.3 Å². The highest BCUT2D eigenvalue weighted by molar-refractivity contribution is 5.85. The summed E-state index contributed by atoms with van der Waals surface area (Å²) in [7, 11) is 0. The van der Waals surface area contributed by atoms with Crippen molar-refractivity contribution in [3.63, 3.8) is 0 Å². The fourth-order valence-corrected chi connectivity index (χ4v) is 2.82. The Morgan fingerprint density at radius 3 is 2.50 bits per heavy atom. The average molecular weight is 297 g/mol. The van der Waals surface area contributed by atoms with E-state index in [2.05, 4.69) is 13.8 Å². The molecule has 1 aliphatic heterocycles. The van der Waals surface area contributed by atoms with Crippen LogP contribution in [-0.2, 0) is 4.79 Å². The first-order valence-corrected chi connectivity index (χ1v) is 7.17. The maximum absolute atomic E-state index is 12.6. The van der Waals surface area contributed by atoms with Crippen LogP contribution >= 0.6 is 12.4 Å². The van der Waals surface area contributed by atoms with Crippen molar-refractivity contribution < 1.29 is 4.79 Å². The lowest BCUT2D eigenvalue weighted by Gasteiger charge is -2.23. The molecule has 1 aromatic carbocycles. The first kappa shape index (κ1) is 17.0. The Labute approximate surface area is 127 Å². The van der Waals surface area contributed by atoms with E-state index in [9.17, 15) is 4.79 Å². The highest BCUT2D eigenvalue weighted by Crippen LogP contribution is 2.27. The minimum absolute atomic E-state index is 0. The van der Waals surface area contributed by atoms with Gasteiger partial charge in [0.1, 0.15) is 0 Å². The minimum Gasteiger partial charge on any atom is -0.342 e. The van der Waals surface area contributed by atoms with Gasteiger partial charge in [0.15, 0.2) is 0 Å². The zero-order valence-corrected chi connectivity index (χ0v) is 13.1. The van der Waals surface area contributed by atoms with Crippen LogP contribution in [0.1, 0.15) is 31.7 Å². The van der Waals surface area contributed by atoms with Gasteiger partial charge in [-0.25, -0.2) is 0 Å². The molecule has 0 saturated carbocycles. The van der Waals surface area contributed by atoms with Gasteiger partial charge in [-0.05, 0) is 23.8 Å². The average Bonchev–Trinajstić information content (AvgIpc) is 2.90. The smallest absolute Gasteiger partial charge is 0.231 e. The van der Waals surface area contributed by atoms with Crippen LogP contribution in [0.5, 0.6) is 0 Å². The highest BCUT2D eigenvalue weighted by atomic mass is 35.5. The zero-order valence-electron chi connectivity index (χ0n) is 12.3. The van der Waals surface area contributed by atoms with Crippen molar-refractivity contribution >= 4 is 18.3 Å². The van der Waals surface area contributed by atoms with Crippen molar-refractivity contribution in [3.8, 4) is 0 Å². The molecule has 1 saturated heterocycles. The van der Waals surface area contributed by atoms with E-state index >= 15 is 0 Å². The van der Waals surface area contributed by atoms with E-state index in [0.29, 0.717) is 18.4 Å². The maximum atomic E-state index is 12.6. The first-order chi connectivity index (χ1) is 9.13. The number of hydrogen-bond acceptors (Lipinski definition) is 2. The predicted molar refractivity (Wildman–Crippen MR) is 85.0 cm³/mol. The third kappa shape index (κ3) is 3.74. The van der Waals surface area contributed by atoms with Gasteiger partial charge in [-0.2, -0.15) is 0 Å². The Morgan fingerprint density at radius 2 is 2.00 bits per heavy atom. The second-order valence-corrected chi connectivity index (χ2v) is 5.78. The van der Waals surface area contributed by atoms with Gasteiger partial charge in [0.2, 0.25) is 5.91 Å².